The molecule has 5 heteroatoms. The van der Waals surface area contributed by atoms with Gasteiger partial charge in [-0.25, -0.2) is 0 Å². The van der Waals surface area contributed by atoms with Gasteiger partial charge in [0.1, 0.15) is 0 Å². The van der Waals surface area contributed by atoms with Crippen LogP contribution in [-0.4, -0.2) is 22.5 Å². The van der Waals surface area contributed by atoms with E-state index in [-0.39, 0.29) is 22.5 Å². The Morgan fingerprint density at radius 2 is 1.44 bits per heavy atom. The van der Waals surface area contributed by atoms with Crippen LogP contribution in [0.1, 0.15) is 0 Å². The van der Waals surface area contributed by atoms with Gasteiger partial charge in [0.15, 0.2) is 0 Å². The molecule has 0 heterocycles. The van der Waals surface area contributed by atoms with Gasteiger partial charge in [-0.15, -0.1) is 0 Å². The van der Waals surface area contributed by atoms with Crippen molar-refractivity contribution >= 4 is 41.2 Å². The van der Waals surface area contributed by atoms with Gasteiger partial charge >= 0.3 is 0 Å². The summed E-state index contributed by atoms with van der Waals surface area (Å²) in [5.41, 5.74) is 0. The van der Waals surface area contributed by atoms with E-state index in [2.05, 4.69) is 37.2 Å². The van der Waals surface area contributed by atoms with Crippen molar-refractivity contribution in [1.29, 1.82) is 0 Å². The highest BCUT2D eigenvalue weighted by atomic mass is 79.9. The van der Waals surface area contributed by atoms with Crippen LogP contribution in [0.25, 0.3) is 0 Å². The second-order valence-electron chi connectivity index (χ2n) is 1.31. The van der Waals surface area contributed by atoms with E-state index >= 15 is 0 Å². The third-order valence-corrected chi connectivity index (χ3v) is 1.09. The number of nitrogens with one attached hydrogen (secondary N) is 1. The molecule has 0 aromatic carbocycles. The monoisotopic (exact) mass is 257 g/mol. The van der Waals surface area contributed by atoms with Gasteiger partial charge in [-0.1, -0.05) is 0 Å². The minimum Gasteiger partial charge on any atom is -0.302 e. The van der Waals surface area contributed by atoms with Crippen molar-refractivity contribution in [3.8, 4) is 0 Å². The second-order valence-corrected chi connectivity index (χ2v) is 3.08. The first-order valence-corrected chi connectivity index (χ1v) is 3.79. The molecule has 0 aliphatic carbocycles. The van der Waals surface area contributed by atoms with E-state index in [9.17, 15) is 9.59 Å². The lowest BCUT2D eigenvalue weighted by Gasteiger charge is -1.93. The molecule has 0 saturated heterocycles. The first kappa shape index (κ1) is 9.26. The van der Waals surface area contributed by atoms with Gasteiger partial charge in [0.25, 0.3) is 0 Å². The Labute approximate surface area is 69.4 Å². The molecule has 0 aromatic heterocycles. The van der Waals surface area contributed by atoms with Crippen molar-refractivity contribution in [3.05, 3.63) is 0 Å². The quantitative estimate of drug-likeness (QED) is 0.744. The van der Waals surface area contributed by atoms with Crippen molar-refractivity contribution in [2.24, 2.45) is 0 Å². The summed E-state index contributed by atoms with van der Waals surface area (Å²) in [4.78, 5) is 20.3. The highest BCUT2D eigenvalue weighted by molar-refractivity contribution is 9.18. The Morgan fingerprint density at radius 1 is 1.11 bits per heavy atom. The maximum absolute atomic E-state index is 10.2. The summed E-state index contributed by atoms with van der Waals surface area (Å²) in [7, 11) is 0. The molecule has 0 saturated carbocycles. The maximum atomic E-state index is 10.2. The molecule has 52 valence electrons. The molecule has 1 N–H and O–H groups in total. The molecule has 0 radical (unpaired) electrons. The number of carbonyl (C=O) groups excluding carboxylic acids is 2. The van der Waals surface area contributed by atoms with Crippen LogP contribution in [0.2, 0.25) is 0 Å². The van der Waals surface area contributed by atoms with Gasteiger partial charge in [0, 0.05) is 0 Å². The van der Waals surface area contributed by atoms with E-state index in [1.165, 1.54) is 0 Å². The fraction of sp³-hybridized carbons (Fsp3) is 0.500. The van der Waals surface area contributed by atoms with Gasteiger partial charge in [-0.3, -0.25) is 9.59 Å². The zero-order chi connectivity index (χ0) is 7.28. The molecular weight excluding hydrogens is 254 g/mol. The predicted molar refractivity (Wildman–Crippen MR) is 40.7 cm³/mol. The first-order chi connectivity index (χ1) is 4.13. The molecule has 0 aliphatic rings. The highest BCUT2D eigenvalue weighted by Crippen LogP contribution is 1.82. The summed E-state index contributed by atoms with van der Waals surface area (Å²) in [6.07, 6.45) is 0. The lowest BCUT2D eigenvalue weighted by Crippen LogP contribution is -2.23. The minimum absolute atomic E-state index is 0.156. The normalized spacial score (nSPS) is 9.11. The Kier molecular flexibility index (Phi) is 5.22. The summed E-state index contributed by atoms with van der Waals surface area (Å²) < 4.78 is -0.312. The largest absolute Gasteiger partial charge is 0.302 e. The van der Waals surface area contributed by atoms with E-state index in [1.807, 2.05) is 0 Å². The minimum atomic E-state index is -0.156. The van der Waals surface area contributed by atoms with E-state index in [4.69, 9.17) is 0 Å². The summed E-state index contributed by atoms with van der Waals surface area (Å²) in [5.74, 6) is 0. The van der Waals surface area contributed by atoms with Gasteiger partial charge in [0.05, 0.1) is 13.1 Å². The molecule has 0 fully saturated rings. The summed E-state index contributed by atoms with van der Waals surface area (Å²) in [6.45, 7) is 0.356. The Hall–Kier alpha value is 0.260. The molecule has 0 aliphatic heterocycles. The van der Waals surface area contributed by atoms with E-state index < -0.39 is 0 Å². The van der Waals surface area contributed by atoms with Crippen LogP contribution >= 0.6 is 31.9 Å². The number of halogens is 2. The first-order valence-electron chi connectivity index (χ1n) is 2.20. The van der Waals surface area contributed by atoms with Gasteiger partial charge < -0.3 is 5.32 Å². The van der Waals surface area contributed by atoms with Crippen molar-refractivity contribution in [2.45, 2.75) is 0 Å². The highest BCUT2D eigenvalue weighted by Gasteiger charge is 1.95. The predicted octanol–water partition coefficient (Wildman–Crippen LogP) is 0.419. The molecule has 0 unspecified atom stereocenters. The number of carbonyl (C=O) groups is 2. The molecule has 0 spiro atoms. The fourth-order valence-corrected chi connectivity index (χ4v) is 0.656. The standard InChI is InChI=1S/C4H5Br2NO2/c5-3(8)1-7-2-4(6)9/h7H,1-2H2. The van der Waals surface area contributed by atoms with Crippen molar-refractivity contribution < 1.29 is 9.59 Å². The lowest BCUT2D eigenvalue weighted by molar-refractivity contribution is -0.110. The topological polar surface area (TPSA) is 46.2 Å². The average Bonchev–Trinajstić information content (AvgIpc) is 1.63. The molecule has 0 atom stereocenters. The second kappa shape index (κ2) is 5.08. The van der Waals surface area contributed by atoms with Crippen molar-refractivity contribution in [1.82, 2.24) is 5.32 Å². The van der Waals surface area contributed by atoms with Crippen LogP contribution in [0.3, 0.4) is 0 Å². The fourth-order valence-electron chi connectivity index (χ4n) is 0.259. The van der Waals surface area contributed by atoms with E-state index in [0.717, 1.165) is 0 Å². The number of hydrogen-bond donors (Lipinski definition) is 1. The zero-order valence-corrected chi connectivity index (χ0v) is 7.66. The van der Waals surface area contributed by atoms with E-state index in [1.54, 1.807) is 0 Å². The van der Waals surface area contributed by atoms with Crippen LogP contribution in [0, 0.1) is 0 Å². The molecule has 9 heavy (non-hydrogen) atoms. The Balaban J connectivity index is 3.10. The van der Waals surface area contributed by atoms with Crippen LogP contribution in [0.5, 0.6) is 0 Å². The third-order valence-electron chi connectivity index (χ3n) is 0.528. The SMILES string of the molecule is O=C(Br)CNCC(=O)Br. The van der Waals surface area contributed by atoms with Crippen LogP contribution in [0.15, 0.2) is 0 Å². The molecule has 0 rings (SSSR count). The number of hydrogen-bond acceptors (Lipinski definition) is 3. The molecule has 3 nitrogen and oxygen atoms in total. The summed E-state index contributed by atoms with van der Waals surface area (Å²) in [6, 6.07) is 0. The summed E-state index contributed by atoms with van der Waals surface area (Å²) in [5, 5.41) is 2.59. The maximum Gasteiger partial charge on any atom is 0.211 e. The molecule has 0 amide bonds. The van der Waals surface area contributed by atoms with Crippen molar-refractivity contribution in [3.63, 3.8) is 0 Å². The zero-order valence-electron chi connectivity index (χ0n) is 4.49. The van der Waals surface area contributed by atoms with Crippen molar-refractivity contribution in [2.75, 3.05) is 13.1 Å². The van der Waals surface area contributed by atoms with Crippen LogP contribution in [0.4, 0.5) is 0 Å². The average molecular weight is 259 g/mol. The van der Waals surface area contributed by atoms with Gasteiger partial charge in [0.2, 0.25) is 9.39 Å². The Bertz CT molecular complexity index is 112. The molecule has 0 aromatic rings. The van der Waals surface area contributed by atoms with Crippen LogP contribution in [-0.2, 0) is 9.59 Å². The van der Waals surface area contributed by atoms with Gasteiger partial charge in [-0.05, 0) is 31.9 Å². The van der Waals surface area contributed by atoms with E-state index in [0.29, 0.717) is 0 Å². The number of rotatable bonds is 4. The molecular formula is C4H5Br2NO2. The Morgan fingerprint density at radius 3 is 1.67 bits per heavy atom. The summed E-state index contributed by atoms with van der Waals surface area (Å²) >= 11 is 5.39. The molecule has 0 bridgehead atoms. The lowest BCUT2D eigenvalue weighted by atomic mass is 10.6. The smallest absolute Gasteiger partial charge is 0.211 e. The van der Waals surface area contributed by atoms with Gasteiger partial charge in [-0.2, -0.15) is 0 Å². The third kappa shape index (κ3) is 8.26. The van der Waals surface area contributed by atoms with Crippen LogP contribution < -0.4 is 5.32 Å².